The van der Waals surface area contributed by atoms with Crippen LogP contribution in [0.2, 0.25) is 0 Å². The van der Waals surface area contributed by atoms with E-state index in [1.54, 1.807) is 6.92 Å². The Labute approximate surface area is 374 Å². The SMILES string of the molecule is Cc1cccc(-c2ccc3c(c2)c2ccccc2n3-c2ccc(-c3cc(C)cc(C(F)(F)F)c3)c(-c3cc(C#N)ccc3-n3c4ccccc4c4cc(-c5cccc(C)c5)ccc43)c2)c1. The first-order chi connectivity index (χ1) is 31.5. The predicted octanol–water partition coefficient (Wildman–Crippen LogP) is 16.4. The second kappa shape index (κ2) is 15.3. The highest BCUT2D eigenvalue weighted by molar-refractivity contribution is 6.12. The van der Waals surface area contributed by atoms with Crippen molar-refractivity contribution in [1.29, 1.82) is 5.26 Å². The van der Waals surface area contributed by atoms with Crippen LogP contribution in [-0.2, 0) is 6.18 Å². The van der Waals surface area contributed by atoms with Gasteiger partial charge in [0.2, 0.25) is 0 Å². The number of benzene rings is 9. The maximum absolute atomic E-state index is 14.5. The van der Waals surface area contributed by atoms with Gasteiger partial charge < -0.3 is 9.13 Å². The molecule has 312 valence electrons. The number of fused-ring (bicyclic) bond motifs is 6. The molecule has 0 aliphatic rings. The van der Waals surface area contributed by atoms with Crippen molar-refractivity contribution in [2.45, 2.75) is 26.9 Å². The number of aromatic nitrogens is 2. The first-order valence-corrected chi connectivity index (χ1v) is 21.6. The van der Waals surface area contributed by atoms with Crippen LogP contribution in [0.25, 0.3) is 99.5 Å². The minimum Gasteiger partial charge on any atom is -0.309 e. The van der Waals surface area contributed by atoms with E-state index in [9.17, 15) is 18.4 Å². The zero-order valence-corrected chi connectivity index (χ0v) is 35.9. The van der Waals surface area contributed by atoms with Crippen LogP contribution in [0.15, 0.2) is 188 Å². The molecule has 0 amide bonds. The highest BCUT2D eigenvalue weighted by atomic mass is 19.4. The molecule has 2 heterocycles. The second-order valence-corrected chi connectivity index (χ2v) is 17.1. The summed E-state index contributed by atoms with van der Waals surface area (Å²) >= 11 is 0. The zero-order valence-electron chi connectivity index (χ0n) is 35.9. The molecule has 3 nitrogen and oxygen atoms in total. The molecule has 0 aliphatic heterocycles. The van der Waals surface area contributed by atoms with Gasteiger partial charge in [-0.25, -0.2) is 0 Å². The molecule has 9 aromatic carbocycles. The third-order valence-corrected chi connectivity index (χ3v) is 12.7. The summed E-state index contributed by atoms with van der Waals surface area (Å²) in [5.41, 5.74) is 15.0. The van der Waals surface area contributed by atoms with E-state index >= 15 is 0 Å². The van der Waals surface area contributed by atoms with Crippen LogP contribution in [0.1, 0.15) is 27.8 Å². The van der Waals surface area contributed by atoms with E-state index in [2.05, 4.69) is 144 Å². The van der Waals surface area contributed by atoms with Crippen LogP contribution in [0.3, 0.4) is 0 Å². The molecule has 2 aromatic heterocycles. The summed E-state index contributed by atoms with van der Waals surface area (Å²) in [4.78, 5) is 0. The molecule has 6 heteroatoms. The fourth-order valence-electron chi connectivity index (χ4n) is 9.76. The molecule has 0 atom stereocenters. The molecular weight excluding hydrogens is 808 g/mol. The second-order valence-electron chi connectivity index (χ2n) is 17.1. The van der Waals surface area contributed by atoms with E-state index < -0.39 is 11.7 Å². The number of halogens is 3. The maximum Gasteiger partial charge on any atom is 0.416 e. The van der Waals surface area contributed by atoms with Crippen molar-refractivity contribution in [3.05, 3.63) is 216 Å². The van der Waals surface area contributed by atoms with Crippen molar-refractivity contribution in [3.8, 4) is 62.0 Å². The standard InChI is InChI=1S/C59H40F3N3/c1-36-10-8-12-40(26-36)42-19-24-56-52(32-42)48-14-4-6-16-54(48)64(56)46-21-22-47(44-28-38(3)29-45(31-44)59(60,61)62)50(34-46)51-30-39(35-63)18-23-57(51)65-55-17-7-5-15-49(55)53-33-43(20-25-58(53)65)41-13-9-11-37(2)27-41/h4-34H,1-3H3. The van der Waals surface area contributed by atoms with E-state index in [1.165, 1.54) is 23.3 Å². The highest BCUT2D eigenvalue weighted by Gasteiger charge is 2.31. The molecule has 11 rings (SSSR count). The lowest BCUT2D eigenvalue weighted by atomic mass is 9.90. The number of alkyl halides is 3. The fourth-order valence-corrected chi connectivity index (χ4v) is 9.76. The van der Waals surface area contributed by atoms with Crippen molar-refractivity contribution in [1.82, 2.24) is 9.13 Å². The average Bonchev–Trinajstić information content (AvgIpc) is 3.83. The Kier molecular flexibility index (Phi) is 9.34. The van der Waals surface area contributed by atoms with Crippen molar-refractivity contribution >= 4 is 43.6 Å². The fraction of sp³-hybridized carbons (Fsp3) is 0.0678. The molecule has 0 fully saturated rings. The lowest BCUT2D eigenvalue weighted by Gasteiger charge is -2.20. The average molecular weight is 848 g/mol. The largest absolute Gasteiger partial charge is 0.416 e. The number of nitriles is 1. The van der Waals surface area contributed by atoms with Gasteiger partial charge in [0.05, 0.1) is 45.0 Å². The van der Waals surface area contributed by atoms with E-state index in [0.717, 1.165) is 77.2 Å². The molecular formula is C59H40F3N3. The van der Waals surface area contributed by atoms with Gasteiger partial charge in [0.15, 0.2) is 0 Å². The van der Waals surface area contributed by atoms with Crippen LogP contribution in [-0.4, -0.2) is 9.13 Å². The van der Waals surface area contributed by atoms with E-state index in [1.807, 2.05) is 60.7 Å². The first-order valence-electron chi connectivity index (χ1n) is 21.6. The van der Waals surface area contributed by atoms with Crippen molar-refractivity contribution in [2.24, 2.45) is 0 Å². The minimum absolute atomic E-state index is 0.433. The summed E-state index contributed by atoms with van der Waals surface area (Å²) in [7, 11) is 0. The van der Waals surface area contributed by atoms with Gasteiger partial charge in [-0.1, -0.05) is 120 Å². The molecule has 0 unspecified atom stereocenters. The predicted molar refractivity (Wildman–Crippen MR) is 261 cm³/mol. The third kappa shape index (κ3) is 6.85. The lowest BCUT2D eigenvalue weighted by molar-refractivity contribution is -0.137. The monoisotopic (exact) mass is 847 g/mol. The summed E-state index contributed by atoms with van der Waals surface area (Å²) in [6.45, 7) is 5.88. The maximum atomic E-state index is 14.5. The van der Waals surface area contributed by atoms with Gasteiger partial charge in [-0.2, -0.15) is 18.4 Å². The zero-order chi connectivity index (χ0) is 44.6. The van der Waals surface area contributed by atoms with Gasteiger partial charge in [-0.05, 0) is 144 Å². The van der Waals surface area contributed by atoms with E-state index in [-0.39, 0.29) is 0 Å². The van der Waals surface area contributed by atoms with Gasteiger partial charge in [0.25, 0.3) is 0 Å². The van der Waals surface area contributed by atoms with E-state index in [0.29, 0.717) is 33.4 Å². The topological polar surface area (TPSA) is 33.6 Å². The lowest BCUT2D eigenvalue weighted by Crippen LogP contribution is -2.06. The van der Waals surface area contributed by atoms with Gasteiger partial charge >= 0.3 is 6.18 Å². The Morgan fingerprint density at radius 3 is 1.55 bits per heavy atom. The molecule has 0 spiro atoms. The third-order valence-electron chi connectivity index (χ3n) is 12.7. The first kappa shape index (κ1) is 39.7. The summed E-state index contributed by atoms with van der Waals surface area (Å²) in [5.74, 6) is 0. The summed E-state index contributed by atoms with van der Waals surface area (Å²) < 4.78 is 48.1. The van der Waals surface area contributed by atoms with Crippen LogP contribution in [0, 0.1) is 32.1 Å². The Balaban J connectivity index is 1.20. The quantitative estimate of drug-likeness (QED) is 0.164. The molecule has 0 saturated heterocycles. The Morgan fingerprint density at radius 1 is 0.400 bits per heavy atom. The molecule has 0 bridgehead atoms. The number of hydrogen-bond donors (Lipinski definition) is 0. The van der Waals surface area contributed by atoms with Gasteiger partial charge in [0, 0.05) is 32.8 Å². The van der Waals surface area contributed by atoms with E-state index in [4.69, 9.17) is 0 Å². The van der Waals surface area contributed by atoms with Crippen molar-refractivity contribution in [3.63, 3.8) is 0 Å². The number of rotatable bonds is 6. The number of para-hydroxylation sites is 2. The van der Waals surface area contributed by atoms with Crippen molar-refractivity contribution < 1.29 is 13.2 Å². The van der Waals surface area contributed by atoms with Crippen LogP contribution in [0.5, 0.6) is 0 Å². The van der Waals surface area contributed by atoms with Crippen LogP contribution >= 0.6 is 0 Å². The van der Waals surface area contributed by atoms with Crippen LogP contribution in [0.4, 0.5) is 13.2 Å². The Hall–Kier alpha value is -8.14. The molecule has 65 heavy (non-hydrogen) atoms. The Morgan fingerprint density at radius 2 is 0.954 bits per heavy atom. The molecule has 0 radical (unpaired) electrons. The number of nitrogens with zero attached hydrogens (tertiary/aromatic N) is 3. The number of aryl methyl sites for hydroxylation is 3. The van der Waals surface area contributed by atoms with Gasteiger partial charge in [-0.3, -0.25) is 0 Å². The molecule has 0 N–H and O–H groups in total. The summed E-state index contributed by atoms with van der Waals surface area (Å²) in [6, 6.07) is 64.9. The summed E-state index contributed by atoms with van der Waals surface area (Å²) in [5, 5.41) is 14.7. The number of hydrogen-bond acceptors (Lipinski definition) is 1. The van der Waals surface area contributed by atoms with Crippen molar-refractivity contribution in [2.75, 3.05) is 0 Å². The molecule has 11 aromatic rings. The molecule has 0 saturated carbocycles. The highest BCUT2D eigenvalue weighted by Crippen LogP contribution is 2.44. The molecule has 0 aliphatic carbocycles. The minimum atomic E-state index is -4.55. The van der Waals surface area contributed by atoms with Gasteiger partial charge in [0.1, 0.15) is 0 Å². The normalized spacial score (nSPS) is 11.8. The summed E-state index contributed by atoms with van der Waals surface area (Å²) in [6.07, 6.45) is -4.55. The van der Waals surface area contributed by atoms with Crippen LogP contribution < -0.4 is 0 Å². The Bertz CT molecular complexity index is 3760. The smallest absolute Gasteiger partial charge is 0.309 e. The van der Waals surface area contributed by atoms with Gasteiger partial charge in [-0.15, -0.1) is 0 Å².